The molecule has 0 unspecified atom stereocenters. The summed E-state index contributed by atoms with van der Waals surface area (Å²) in [4.78, 5) is 14.5. The van der Waals surface area contributed by atoms with Gasteiger partial charge in [0.1, 0.15) is 0 Å². The molecular weight excluding hydrogens is 252 g/mol. The molecule has 1 N–H and O–H groups in total. The second-order valence-corrected chi connectivity index (χ2v) is 6.60. The SMILES string of the molecule is CC(C)C1CCC(C(=O)NCCN2CCOCC2)CC1. The van der Waals surface area contributed by atoms with Gasteiger partial charge in [-0.1, -0.05) is 13.8 Å². The largest absolute Gasteiger partial charge is 0.379 e. The van der Waals surface area contributed by atoms with Crippen molar-refractivity contribution < 1.29 is 9.53 Å². The fourth-order valence-electron chi connectivity index (χ4n) is 3.35. The van der Waals surface area contributed by atoms with E-state index in [-0.39, 0.29) is 11.8 Å². The Bertz CT molecular complexity index is 293. The Balaban J connectivity index is 1.60. The smallest absolute Gasteiger partial charge is 0.223 e. The Labute approximate surface area is 123 Å². The van der Waals surface area contributed by atoms with Crippen molar-refractivity contribution in [1.82, 2.24) is 10.2 Å². The van der Waals surface area contributed by atoms with Crippen molar-refractivity contribution in [1.29, 1.82) is 0 Å². The molecule has 0 radical (unpaired) electrons. The molecule has 2 fully saturated rings. The van der Waals surface area contributed by atoms with Crippen LogP contribution in [0.25, 0.3) is 0 Å². The van der Waals surface area contributed by atoms with Gasteiger partial charge in [-0.2, -0.15) is 0 Å². The molecular formula is C16H30N2O2. The van der Waals surface area contributed by atoms with Crippen LogP contribution in [0.4, 0.5) is 0 Å². The van der Waals surface area contributed by atoms with Crippen molar-refractivity contribution in [2.45, 2.75) is 39.5 Å². The zero-order valence-electron chi connectivity index (χ0n) is 13.1. The third-order valence-corrected chi connectivity index (χ3v) is 4.92. The van der Waals surface area contributed by atoms with Gasteiger partial charge in [-0.25, -0.2) is 0 Å². The van der Waals surface area contributed by atoms with Crippen molar-refractivity contribution >= 4 is 5.91 Å². The van der Waals surface area contributed by atoms with Gasteiger partial charge >= 0.3 is 0 Å². The molecule has 0 atom stereocenters. The number of carbonyl (C=O) groups is 1. The maximum absolute atomic E-state index is 12.2. The Kier molecular flexibility index (Phi) is 6.30. The Morgan fingerprint density at radius 3 is 2.45 bits per heavy atom. The molecule has 1 aliphatic heterocycles. The second-order valence-electron chi connectivity index (χ2n) is 6.60. The van der Waals surface area contributed by atoms with E-state index in [4.69, 9.17) is 4.74 Å². The van der Waals surface area contributed by atoms with Gasteiger partial charge in [-0.3, -0.25) is 9.69 Å². The topological polar surface area (TPSA) is 41.6 Å². The first-order chi connectivity index (χ1) is 9.66. The van der Waals surface area contributed by atoms with Crippen LogP contribution in [0, 0.1) is 17.8 Å². The highest BCUT2D eigenvalue weighted by molar-refractivity contribution is 5.78. The van der Waals surface area contributed by atoms with E-state index >= 15 is 0 Å². The fourth-order valence-corrected chi connectivity index (χ4v) is 3.35. The van der Waals surface area contributed by atoms with Gasteiger partial charge in [0.25, 0.3) is 0 Å². The average molecular weight is 282 g/mol. The van der Waals surface area contributed by atoms with E-state index in [1.807, 2.05) is 0 Å². The molecule has 1 amide bonds. The lowest BCUT2D eigenvalue weighted by atomic mass is 9.77. The highest BCUT2D eigenvalue weighted by atomic mass is 16.5. The van der Waals surface area contributed by atoms with E-state index in [0.29, 0.717) is 0 Å². The van der Waals surface area contributed by atoms with Crippen molar-refractivity contribution in [3.63, 3.8) is 0 Å². The predicted molar refractivity (Wildman–Crippen MR) is 80.6 cm³/mol. The van der Waals surface area contributed by atoms with Gasteiger partial charge in [0.2, 0.25) is 5.91 Å². The number of amides is 1. The van der Waals surface area contributed by atoms with Crippen molar-refractivity contribution in [2.24, 2.45) is 17.8 Å². The molecule has 0 aromatic rings. The van der Waals surface area contributed by atoms with Crippen LogP contribution in [-0.2, 0) is 9.53 Å². The third-order valence-electron chi connectivity index (χ3n) is 4.92. The Hall–Kier alpha value is -0.610. The lowest BCUT2D eigenvalue weighted by Gasteiger charge is -2.30. The molecule has 2 aliphatic rings. The van der Waals surface area contributed by atoms with E-state index < -0.39 is 0 Å². The maximum Gasteiger partial charge on any atom is 0.223 e. The zero-order chi connectivity index (χ0) is 14.4. The minimum absolute atomic E-state index is 0.259. The predicted octanol–water partition coefficient (Wildman–Crippen LogP) is 1.90. The van der Waals surface area contributed by atoms with Crippen LogP contribution in [0.15, 0.2) is 0 Å². The van der Waals surface area contributed by atoms with Crippen LogP contribution < -0.4 is 5.32 Å². The van der Waals surface area contributed by atoms with Gasteiger partial charge in [-0.05, 0) is 37.5 Å². The molecule has 1 saturated carbocycles. The van der Waals surface area contributed by atoms with E-state index in [1.54, 1.807) is 0 Å². The van der Waals surface area contributed by atoms with Crippen LogP contribution in [0.1, 0.15) is 39.5 Å². The minimum atomic E-state index is 0.259. The number of nitrogens with one attached hydrogen (secondary N) is 1. The van der Waals surface area contributed by atoms with E-state index in [9.17, 15) is 4.79 Å². The van der Waals surface area contributed by atoms with Crippen LogP contribution in [-0.4, -0.2) is 50.2 Å². The van der Waals surface area contributed by atoms with Crippen LogP contribution >= 0.6 is 0 Å². The van der Waals surface area contributed by atoms with E-state index in [0.717, 1.165) is 64.1 Å². The molecule has 0 aromatic heterocycles. The van der Waals surface area contributed by atoms with Crippen LogP contribution in [0.2, 0.25) is 0 Å². The lowest BCUT2D eigenvalue weighted by molar-refractivity contribution is -0.126. The van der Waals surface area contributed by atoms with E-state index in [2.05, 4.69) is 24.1 Å². The summed E-state index contributed by atoms with van der Waals surface area (Å²) < 4.78 is 5.32. The van der Waals surface area contributed by atoms with E-state index in [1.165, 1.54) is 12.8 Å². The van der Waals surface area contributed by atoms with Gasteiger partial charge in [0.05, 0.1) is 13.2 Å². The lowest BCUT2D eigenvalue weighted by Crippen LogP contribution is -2.42. The first-order valence-electron chi connectivity index (χ1n) is 8.24. The first kappa shape index (κ1) is 15.8. The summed E-state index contributed by atoms with van der Waals surface area (Å²) in [6.07, 6.45) is 4.59. The molecule has 4 nitrogen and oxygen atoms in total. The Morgan fingerprint density at radius 1 is 1.20 bits per heavy atom. The van der Waals surface area contributed by atoms with Crippen molar-refractivity contribution in [2.75, 3.05) is 39.4 Å². The number of nitrogens with zero attached hydrogens (tertiary/aromatic N) is 1. The summed E-state index contributed by atoms with van der Waals surface area (Å²) in [5, 5.41) is 3.12. The fraction of sp³-hybridized carbons (Fsp3) is 0.938. The standard InChI is InChI=1S/C16H30N2O2/c1-13(2)14-3-5-15(6-4-14)16(19)17-7-8-18-9-11-20-12-10-18/h13-15H,3-12H2,1-2H3,(H,17,19). The zero-order valence-corrected chi connectivity index (χ0v) is 13.1. The van der Waals surface area contributed by atoms with Crippen molar-refractivity contribution in [3.8, 4) is 0 Å². The number of hydrogen-bond acceptors (Lipinski definition) is 3. The van der Waals surface area contributed by atoms with Crippen molar-refractivity contribution in [3.05, 3.63) is 0 Å². The third kappa shape index (κ3) is 4.74. The first-order valence-corrected chi connectivity index (χ1v) is 8.24. The van der Waals surface area contributed by atoms with Crippen LogP contribution in [0.3, 0.4) is 0 Å². The second kappa shape index (κ2) is 7.99. The maximum atomic E-state index is 12.2. The number of hydrogen-bond donors (Lipinski definition) is 1. The summed E-state index contributed by atoms with van der Waals surface area (Å²) >= 11 is 0. The minimum Gasteiger partial charge on any atom is -0.379 e. The van der Waals surface area contributed by atoms with Gasteiger partial charge in [0.15, 0.2) is 0 Å². The van der Waals surface area contributed by atoms with Crippen LogP contribution in [0.5, 0.6) is 0 Å². The summed E-state index contributed by atoms with van der Waals surface area (Å²) in [6.45, 7) is 9.98. The quantitative estimate of drug-likeness (QED) is 0.837. The highest BCUT2D eigenvalue weighted by Crippen LogP contribution is 2.33. The molecule has 2 rings (SSSR count). The monoisotopic (exact) mass is 282 g/mol. The molecule has 1 heterocycles. The summed E-state index contributed by atoms with van der Waals surface area (Å²) in [5.74, 6) is 2.13. The average Bonchev–Trinajstić information content (AvgIpc) is 2.48. The summed E-state index contributed by atoms with van der Waals surface area (Å²) in [7, 11) is 0. The molecule has 0 aromatic carbocycles. The Morgan fingerprint density at radius 2 is 1.85 bits per heavy atom. The number of ether oxygens (including phenoxy) is 1. The molecule has 1 aliphatic carbocycles. The number of carbonyl (C=O) groups excluding carboxylic acids is 1. The molecule has 0 spiro atoms. The molecule has 116 valence electrons. The number of rotatable bonds is 5. The number of morpholine rings is 1. The molecule has 0 bridgehead atoms. The molecule has 4 heteroatoms. The summed E-state index contributed by atoms with van der Waals surface area (Å²) in [6, 6.07) is 0. The van der Waals surface area contributed by atoms with Gasteiger partial charge < -0.3 is 10.1 Å². The summed E-state index contributed by atoms with van der Waals surface area (Å²) in [5.41, 5.74) is 0. The highest BCUT2D eigenvalue weighted by Gasteiger charge is 2.27. The normalized spacial score (nSPS) is 28.6. The molecule has 1 saturated heterocycles. The van der Waals surface area contributed by atoms with Gasteiger partial charge in [-0.15, -0.1) is 0 Å². The van der Waals surface area contributed by atoms with Gasteiger partial charge in [0, 0.05) is 32.1 Å². The molecule has 20 heavy (non-hydrogen) atoms.